The fourth-order valence-corrected chi connectivity index (χ4v) is 3.50. The van der Waals surface area contributed by atoms with Gasteiger partial charge in [-0.15, -0.1) is 0 Å². The zero-order valence-electron chi connectivity index (χ0n) is 10.6. The molecule has 0 radical (unpaired) electrons. The Morgan fingerprint density at radius 2 is 2.11 bits per heavy atom. The maximum atomic E-state index is 12.6. The number of halogens is 2. The first-order valence-corrected chi connectivity index (χ1v) is 7.79. The van der Waals surface area contributed by atoms with Crippen LogP contribution in [0.1, 0.15) is 49.4 Å². The quantitative estimate of drug-likeness (QED) is 0.669. The molecule has 0 bridgehead atoms. The number of carbonyl (C=O) groups excluding carboxylic acids is 1. The van der Waals surface area contributed by atoms with Crippen LogP contribution in [0.2, 0.25) is 5.02 Å². The summed E-state index contributed by atoms with van der Waals surface area (Å²) in [4.78, 5) is 12.6. The molecule has 1 aromatic rings. The minimum Gasteiger partial charge on any atom is -0.294 e. The van der Waals surface area contributed by atoms with Crippen molar-refractivity contribution in [2.45, 2.75) is 39.0 Å². The highest BCUT2D eigenvalue weighted by atomic mass is 79.9. The summed E-state index contributed by atoms with van der Waals surface area (Å²) in [7, 11) is 0. The Hall–Kier alpha value is -0.340. The SMILES string of the molecule is CCC1CCCCC1C(=O)c1cc(Br)ccc1Cl. The predicted octanol–water partition coefficient (Wildman–Crippen LogP) is 5.50. The molecule has 0 N–H and O–H groups in total. The first kappa shape index (κ1) is 14.1. The first-order chi connectivity index (χ1) is 8.63. The van der Waals surface area contributed by atoms with Crippen molar-refractivity contribution in [3.63, 3.8) is 0 Å². The van der Waals surface area contributed by atoms with Gasteiger partial charge in [-0.05, 0) is 37.0 Å². The van der Waals surface area contributed by atoms with Gasteiger partial charge < -0.3 is 0 Å². The fraction of sp³-hybridized carbons (Fsp3) is 0.533. The molecule has 1 saturated carbocycles. The van der Waals surface area contributed by atoms with E-state index in [1.165, 1.54) is 19.3 Å². The van der Waals surface area contributed by atoms with Crippen LogP contribution in [-0.4, -0.2) is 5.78 Å². The highest BCUT2D eigenvalue weighted by molar-refractivity contribution is 9.10. The van der Waals surface area contributed by atoms with Crippen LogP contribution in [0.15, 0.2) is 22.7 Å². The molecule has 1 aliphatic rings. The molecule has 1 nitrogen and oxygen atoms in total. The zero-order valence-corrected chi connectivity index (χ0v) is 12.9. The molecule has 2 atom stereocenters. The van der Waals surface area contributed by atoms with Gasteiger partial charge in [-0.1, -0.05) is 53.7 Å². The van der Waals surface area contributed by atoms with Crippen LogP contribution < -0.4 is 0 Å². The number of carbonyl (C=O) groups is 1. The Kier molecular flexibility index (Phi) is 4.85. The van der Waals surface area contributed by atoms with E-state index in [1.807, 2.05) is 12.1 Å². The van der Waals surface area contributed by atoms with Crippen LogP contribution in [0.3, 0.4) is 0 Å². The van der Waals surface area contributed by atoms with Crippen molar-refractivity contribution in [2.24, 2.45) is 11.8 Å². The summed E-state index contributed by atoms with van der Waals surface area (Å²) in [6.07, 6.45) is 5.70. The van der Waals surface area contributed by atoms with Crippen molar-refractivity contribution in [2.75, 3.05) is 0 Å². The standard InChI is InChI=1S/C15H18BrClO/c1-2-10-5-3-4-6-12(10)15(18)13-9-11(16)7-8-14(13)17/h7-10,12H,2-6H2,1H3. The van der Waals surface area contributed by atoms with E-state index in [2.05, 4.69) is 22.9 Å². The Morgan fingerprint density at radius 3 is 2.83 bits per heavy atom. The summed E-state index contributed by atoms with van der Waals surface area (Å²) in [5.74, 6) is 0.921. The number of hydrogen-bond acceptors (Lipinski definition) is 1. The van der Waals surface area contributed by atoms with Crippen LogP contribution in [-0.2, 0) is 0 Å². The van der Waals surface area contributed by atoms with Gasteiger partial charge in [0.25, 0.3) is 0 Å². The van der Waals surface area contributed by atoms with Crippen molar-refractivity contribution >= 4 is 33.3 Å². The smallest absolute Gasteiger partial charge is 0.167 e. The van der Waals surface area contributed by atoms with Gasteiger partial charge in [0.15, 0.2) is 5.78 Å². The van der Waals surface area contributed by atoms with Gasteiger partial charge in [0, 0.05) is 16.0 Å². The van der Waals surface area contributed by atoms with Crippen molar-refractivity contribution < 1.29 is 4.79 Å². The average molecular weight is 330 g/mol. The molecule has 0 heterocycles. The molecule has 1 fully saturated rings. The van der Waals surface area contributed by atoms with Crippen LogP contribution in [0.25, 0.3) is 0 Å². The number of ketones is 1. The molecule has 3 heteroatoms. The molecular weight excluding hydrogens is 312 g/mol. The van der Waals surface area contributed by atoms with Crippen LogP contribution >= 0.6 is 27.5 Å². The van der Waals surface area contributed by atoms with E-state index in [-0.39, 0.29) is 11.7 Å². The van der Waals surface area contributed by atoms with Crippen molar-refractivity contribution in [1.29, 1.82) is 0 Å². The molecule has 2 rings (SSSR count). The largest absolute Gasteiger partial charge is 0.294 e. The van der Waals surface area contributed by atoms with Crippen LogP contribution in [0, 0.1) is 11.8 Å². The lowest BCUT2D eigenvalue weighted by molar-refractivity contribution is 0.0820. The van der Waals surface area contributed by atoms with E-state index >= 15 is 0 Å². The molecule has 0 spiro atoms. The first-order valence-electron chi connectivity index (χ1n) is 6.62. The second-order valence-electron chi connectivity index (χ2n) is 5.05. The summed E-state index contributed by atoms with van der Waals surface area (Å²) >= 11 is 9.57. The third kappa shape index (κ3) is 2.97. The van der Waals surface area contributed by atoms with E-state index in [9.17, 15) is 4.79 Å². The summed E-state index contributed by atoms with van der Waals surface area (Å²) in [5, 5.41) is 0.573. The van der Waals surface area contributed by atoms with Gasteiger partial charge in [0.05, 0.1) is 5.02 Å². The second-order valence-corrected chi connectivity index (χ2v) is 6.37. The third-order valence-corrected chi connectivity index (χ3v) is 4.79. The summed E-state index contributed by atoms with van der Waals surface area (Å²) < 4.78 is 0.916. The molecule has 0 saturated heterocycles. The summed E-state index contributed by atoms with van der Waals surface area (Å²) in [6, 6.07) is 5.52. The molecule has 0 aromatic heterocycles. The molecule has 2 unspecified atom stereocenters. The lowest BCUT2D eigenvalue weighted by atomic mass is 9.74. The maximum absolute atomic E-state index is 12.6. The Balaban J connectivity index is 2.26. The Morgan fingerprint density at radius 1 is 1.39 bits per heavy atom. The molecular formula is C15H18BrClO. The normalized spacial score (nSPS) is 23.9. The third-order valence-electron chi connectivity index (χ3n) is 3.96. The van der Waals surface area contributed by atoms with Gasteiger partial charge >= 0.3 is 0 Å². The van der Waals surface area contributed by atoms with E-state index in [0.29, 0.717) is 16.5 Å². The number of hydrogen-bond donors (Lipinski definition) is 0. The number of rotatable bonds is 3. The Bertz CT molecular complexity index is 444. The van der Waals surface area contributed by atoms with E-state index in [4.69, 9.17) is 11.6 Å². The minimum absolute atomic E-state index is 0.163. The highest BCUT2D eigenvalue weighted by Crippen LogP contribution is 2.36. The Labute approximate surface area is 122 Å². The highest BCUT2D eigenvalue weighted by Gasteiger charge is 2.31. The van der Waals surface area contributed by atoms with Crippen molar-refractivity contribution in [1.82, 2.24) is 0 Å². The minimum atomic E-state index is 0.163. The van der Waals surface area contributed by atoms with Gasteiger partial charge in [0.2, 0.25) is 0 Å². The van der Waals surface area contributed by atoms with Gasteiger partial charge in [-0.2, -0.15) is 0 Å². The van der Waals surface area contributed by atoms with E-state index in [1.54, 1.807) is 6.07 Å². The number of benzene rings is 1. The topological polar surface area (TPSA) is 17.1 Å². The predicted molar refractivity (Wildman–Crippen MR) is 79.2 cm³/mol. The second kappa shape index (κ2) is 6.21. The lowest BCUT2D eigenvalue weighted by Crippen LogP contribution is -2.27. The molecule has 18 heavy (non-hydrogen) atoms. The van der Waals surface area contributed by atoms with E-state index in [0.717, 1.165) is 17.3 Å². The monoisotopic (exact) mass is 328 g/mol. The number of Topliss-reactive ketones (excluding diaryl/α,β-unsaturated/α-hetero) is 1. The molecule has 0 amide bonds. The van der Waals surface area contributed by atoms with Gasteiger partial charge in [-0.3, -0.25) is 4.79 Å². The lowest BCUT2D eigenvalue weighted by Gasteiger charge is -2.29. The molecule has 98 valence electrons. The molecule has 0 aliphatic heterocycles. The van der Waals surface area contributed by atoms with E-state index < -0.39 is 0 Å². The summed E-state index contributed by atoms with van der Waals surface area (Å²) in [5.41, 5.74) is 0.677. The zero-order chi connectivity index (χ0) is 13.1. The maximum Gasteiger partial charge on any atom is 0.167 e. The van der Waals surface area contributed by atoms with Crippen molar-refractivity contribution in [3.05, 3.63) is 33.3 Å². The average Bonchev–Trinajstić information content (AvgIpc) is 2.40. The van der Waals surface area contributed by atoms with Crippen LogP contribution in [0.5, 0.6) is 0 Å². The summed E-state index contributed by atoms with van der Waals surface area (Å²) in [6.45, 7) is 2.18. The van der Waals surface area contributed by atoms with Gasteiger partial charge in [-0.25, -0.2) is 0 Å². The van der Waals surface area contributed by atoms with Crippen LogP contribution in [0.4, 0.5) is 0 Å². The van der Waals surface area contributed by atoms with Gasteiger partial charge in [0.1, 0.15) is 0 Å². The fourth-order valence-electron chi connectivity index (χ4n) is 2.93. The molecule has 1 aromatic carbocycles. The molecule has 1 aliphatic carbocycles. The van der Waals surface area contributed by atoms with Crippen molar-refractivity contribution in [3.8, 4) is 0 Å².